The molecular formula is C43H76F3N3O13. The molecule has 5 saturated heterocycles. The third-order valence-electron chi connectivity index (χ3n) is 14.5. The number of cyclic esters (lactones) is 1. The van der Waals surface area contributed by atoms with Gasteiger partial charge in [-0.25, -0.2) is 0 Å². The van der Waals surface area contributed by atoms with E-state index in [0.717, 1.165) is 4.90 Å². The summed E-state index contributed by atoms with van der Waals surface area (Å²) in [6, 6.07) is -1.40. The zero-order valence-corrected chi connectivity index (χ0v) is 38.7. The Labute approximate surface area is 365 Å². The Morgan fingerprint density at radius 1 is 0.952 bits per heavy atom. The molecule has 5 N–H and O–H groups in total. The Balaban J connectivity index is 1.56. The summed E-state index contributed by atoms with van der Waals surface area (Å²) in [6.45, 7) is 19.6. The van der Waals surface area contributed by atoms with Crippen molar-refractivity contribution in [2.24, 2.45) is 17.8 Å². The molecule has 0 aromatic heterocycles. The lowest BCUT2D eigenvalue weighted by atomic mass is 9.74. The molecule has 0 aliphatic carbocycles. The first-order valence-electron chi connectivity index (χ1n) is 22.4. The van der Waals surface area contributed by atoms with Crippen LogP contribution in [0, 0.1) is 17.8 Å². The van der Waals surface area contributed by atoms with Crippen LogP contribution in [0.3, 0.4) is 0 Å². The predicted octanol–water partition coefficient (Wildman–Crippen LogP) is 2.56. The highest BCUT2D eigenvalue weighted by molar-refractivity contribution is 5.73. The molecular weight excluding hydrogens is 823 g/mol. The van der Waals surface area contributed by atoms with Crippen molar-refractivity contribution in [2.45, 2.75) is 197 Å². The van der Waals surface area contributed by atoms with Crippen LogP contribution in [0.4, 0.5) is 13.2 Å². The number of fused-ring (bicyclic) bond motifs is 1. The number of rotatable bonds is 8. The van der Waals surface area contributed by atoms with Gasteiger partial charge in [0.1, 0.15) is 35.1 Å². The second-order valence-electron chi connectivity index (χ2n) is 19.6. The van der Waals surface area contributed by atoms with Crippen LogP contribution < -0.4 is 5.32 Å². The van der Waals surface area contributed by atoms with Gasteiger partial charge in [-0.2, -0.15) is 13.2 Å². The number of halogens is 3. The minimum absolute atomic E-state index is 0.00662. The summed E-state index contributed by atoms with van der Waals surface area (Å²) in [5.41, 5.74) is -6.38. The highest BCUT2D eigenvalue weighted by atomic mass is 19.4. The number of aliphatic hydroxyl groups excluding tert-OH is 1. The van der Waals surface area contributed by atoms with Crippen LogP contribution in [0.25, 0.3) is 0 Å². The van der Waals surface area contributed by atoms with E-state index in [2.05, 4.69) is 10.2 Å². The molecule has 0 aromatic rings. The minimum atomic E-state index is -4.70. The molecule has 0 aromatic carbocycles. The van der Waals surface area contributed by atoms with Crippen LogP contribution in [0.5, 0.6) is 0 Å². The number of ether oxygens (including phenoxy) is 8. The first-order valence-corrected chi connectivity index (χ1v) is 22.4. The van der Waals surface area contributed by atoms with E-state index < -0.39 is 120 Å². The number of esters is 1. The summed E-state index contributed by atoms with van der Waals surface area (Å²) in [4.78, 5) is 17.7. The van der Waals surface area contributed by atoms with Gasteiger partial charge in [-0.3, -0.25) is 14.6 Å². The van der Waals surface area contributed by atoms with Crippen molar-refractivity contribution in [2.75, 3.05) is 53.6 Å². The van der Waals surface area contributed by atoms with Crippen LogP contribution in [0.15, 0.2) is 0 Å². The fourth-order valence-electron chi connectivity index (χ4n) is 10.6. The minimum Gasteiger partial charge on any atom is -0.459 e. The number of aliphatic hydroxyl groups is 4. The molecule has 19 heteroatoms. The SMILES string of the molecule is CC[C@H]1OC(=O)[C@H](C)[C@@H](O[C@H]2C[C@@](C)(OC)[C@](O)(CN3CCOCC3)[C@H](C)O2)[C@H](C)[C@@H](O[C@@H]2O[C@H](C)C[C@H]3[C@H]2OC(C(F)(F)F)N3C)[C@](C)(O)C[C@@H](C)CN[C@H](C)[C@@H](O)[C@]1(C)O. The first-order chi connectivity index (χ1) is 28.7. The molecule has 0 spiro atoms. The third-order valence-corrected chi connectivity index (χ3v) is 14.5. The quantitative estimate of drug-likeness (QED) is 0.224. The average molecular weight is 900 g/mol. The second kappa shape index (κ2) is 19.9. The number of alkyl halides is 3. The zero-order valence-electron chi connectivity index (χ0n) is 38.7. The summed E-state index contributed by atoms with van der Waals surface area (Å²) >= 11 is 0. The van der Waals surface area contributed by atoms with Crippen LogP contribution in [-0.4, -0.2) is 192 Å². The summed E-state index contributed by atoms with van der Waals surface area (Å²) < 4.78 is 92.4. The van der Waals surface area contributed by atoms with E-state index in [1.54, 1.807) is 55.4 Å². The van der Waals surface area contributed by atoms with Crippen LogP contribution >= 0.6 is 0 Å². The number of nitrogens with zero attached hydrogens (tertiary/aromatic N) is 2. The average Bonchev–Trinajstić information content (AvgIpc) is 3.54. The fourth-order valence-corrected chi connectivity index (χ4v) is 10.6. The molecule has 5 aliphatic heterocycles. The van der Waals surface area contributed by atoms with Crippen molar-refractivity contribution in [3.8, 4) is 0 Å². The molecule has 16 nitrogen and oxygen atoms in total. The lowest BCUT2D eigenvalue weighted by molar-refractivity contribution is -0.339. The molecule has 0 bridgehead atoms. The smallest absolute Gasteiger partial charge is 0.428 e. The summed E-state index contributed by atoms with van der Waals surface area (Å²) in [5, 5.41) is 51.4. The number of likely N-dealkylation sites (N-methyl/N-ethyl adjacent to an activating group) is 1. The number of β-amino-alcohol motifs (C(OH)–C–C–N with tert-alkyl or cyclic N) is 1. The highest BCUT2D eigenvalue weighted by Gasteiger charge is 2.61. The summed E-state index contributed by atoms with van der Waals surface area (Å²) in [7, 11) is 2.85. The second-order valence-corrected chi connectivity index (χ2v) is 19.6. The van der Waals surface area contributed by atoms with E-state index >= 15 is 0 Å². The summed E-state index contributed by atoms with van der Waals surface area (Å²) in [5.74, 6) is -3.18. The normalized spacial score (nSPS) is 48.8. The van der Waals surface area contributed by atoms with E-state index in [1.165, 1.54) is 21.1 Å². The molecule has 62 heavy (non-hydrogen) atoms. The monoisotopic (exact) mass is 900 g/mol. The number of methoxy groups -OCH3 is 1. The van der Waals surface area contributed by atoms with E-state index in [-0.39, 0.29) is 44.7 Å². The zero-order chi connectivity index (χ0) is 46.3. The van der Waals surface area contributed by atoms with Gasteiger partial charge in [-0.1, -0.05) is 20.8 Å². The van der Waals surface area contributed by atoms with E-state index in [9.17, 15) is 38.4 Å². The molecule has 5 rings (SSSR count). The van der Waals surface area contributed by atoms with Crippen molar-refractivity contribution in [1.29, 1.82) is 0 Å². The molecule has 19 atom stereocenters. The summed E-state index contributed by atoms with van der Waals surface area (Å²) in [6.07, 6.45) is -16.5. The van der Waals surface area contributed by atoms with E-state index in [4.69, 9.17) is 37.9 Å². The number of carbonyl (C=O) groups excluding carboxylic acids is 1. The largest absolute Gasteiger partial charge is 0.459 e. The predicted molar refractivity (Wildman–Crippen MR) is 219 cm³/mol. The van der Waals surface area contributed by atoms with Gasteiger partial charge < -0.3 is 63.6 Å². The lowest BCUT2D eigenvalue weighted by Crippen LogP contribution is -2.70. The van der Waals surface area contributed by atoms with Crippen LogP contribution in [-0.2, 0) is 42.7 Å². The molecule has 5 aliphatic rings. The number of carbonyl (C=O) groups is 1. The first kappa shape index (κ1) is 51.7. The van der Waals surface area contributed by atoms with Gasteiger partial charge in [0.15, 0.2) is 12.6 Å². The Morgan fingerprint density at radius 3 is 2.19 bits per heavy atom. The van der Waals surface area contributed by atoms with Crippen LogP contribution in [0.1, 0.15) is 94.9 Å². The fraction of sp³-hybridized carbons (Fsp3) is 0.977. The van der Waals surface area contributed by atoms with Crippen molar-refractivity contribution >= 4 is 5.97 Å². The van der Waals surface area contributed by atoms with Crippen molar-refractivity contribution in [3.63, 3.8) is 0 Å². The van der Waals surface area contributed by atoms with Gasteiger partial charge in [0.25, 0.3) is 0 Å². The van der Waals surface area contributed by atoms with Gasteiger partial charge in [0.05, 0.1) is 49.1 Å². The number of hydrogen-bond donors (Lipinski definition) is 5. The van der Waals surface area contributed by atoms with Gasteiger partial charge in [0, 0.05) is 51.2 Å². The van der Waals surface area contributed by atoms with Gasteiger partial charge >= 0.3 is 12.1 Å². The Bertz CT molecular complexity index is 1480. The van der Waals surface area contributed by atoms with E-state index in [1.807, 2.05) is 6.92 Å². The van der Waals surface area contributed by atoms with Crippen molar-refractivity contribution in [1.82, 2.24) is 15.1 Å². The highest BCUT2D eigenvalue weighted by Crippen LogP contribution is 2.45. The lowest BCUT2D eigenvalue weighted by Gasteiger charge is -2.55. The molecule has 1 unspecified atom stereocenters. The van der Waals surface area contributed by atoms with Crippen molar-refractivity contribution in [3.05, 3.63) is 0 Å². The maximum Gasteiger partial charge on any atom is 0.428 e. The Morgan fingerprint density at radius 2 is 1.60 bits per heavy atom. The topological polar surface area (TPSA) is 190 Å². The third kappa shape index (κ3) is 10.8. The van der Waals surface area contributed by atoms with E-state index in [0.29, 0.717) is 26.3 Å². The van der Waals surface area contributed by atoms with Gasteiger partial charge in [-0.15, -0.1) is 0 Å². The number of hydrogen-bond acceptors (Lipinski definition) is 16. The molecule has 0 amide bonds. The maximum atomic E-state index is 14.4. The number of nitrogens with one attached hydrogen (secondary N) is 1. The van der Waals surface area contributed by atoms with Crippen molar-refractivity contribution < 1.29 is 76.3 Å². The standard InChI is InChI=1S/C43H76F3N3O13/c1-13-30-41(10,53)34(50)27(6)47-21-23(2)19-39(8,52)35(62-37-33-29(18-24(3)57-37)48(11)38(61-33)43(44,45)46)25(4)32(26(5)36(51)59-30)60-31-20-40(9,55-12)42(54,28(7)58-31)22-49-14-16-56-17-15-49/h23-35,37-38,47,50,52-54H,13-22H2,1-12H3/t23-,24-,25+,26-,27-,28+,29+,30-,31+,32+,33-,34-,35-,37+,38?,39-,40-,41-,42+/m1/s1. The van der Waals surface area contributed by atoms with Gasteiger partial charge in [0.2, 0.25) is 6.23 Å². The van der Waals surface area contributed by atoms with Gasteiger partial charge in [-0.05, 0) is 87.2 Å². The molecule has 5 fully saturated rings. The molecule has 0 saturated carbocycles. The molecule has 5 heterocycles. The Hall–Kier alpha value is -1.30. The molecule has 362 valence electrons. The van der Waals surface area contributed by atoms with Crippen LogP contribution in [0.2, 0.25) is 0 Å². The maximum absolute atomic E-state index is 14.4. The number of morpholine rings is 1. The molecule has 0 radical (unpaired) electrons. The Kier molecular flexibility index (Phi) is 16.6.